The quantitative estimate of drug-likeness (QED) is 0.635. The lowest BCUT2D eigenvalue weighted by Gasteiger charge is -2.16. The maximum atomic E-state index is 11.9. The van der Waals surface area contributed by atoms with Gasteiger partial charge in [0.05, 0.1) is 6.42 Å². The van der Waals surface area contributed by atoms with Crippen LogP contribution in [0.15, 0.2) is 0 Å². The second-order valence-corrected chi connectivity index (χ2v) is 4.01. The van der Waals surface area contributed by atoms with Crippen LogP contribution in [0.25, 0.3) is 0 Å². The molecule has 0 aromatic carbocycles. The molecule has 0 bridgehead atoms. The summed E-state index contributed by atoms with van der Waals surface area (Å²) < 4.78 is 35.6. The van der Waals surface area contributed by atoms with E-state index in [9.17, 15) is 13.2 Å². The van der Waals surface area contributed by atoms with Gasteiger partial charge in [0.15, 0.2) is 0 Å². The molecule has 1 rings (SSSR count). The molecule has 0 heterocycles. The van der Waals surface area contributed by atoms with Crippen molar-refractivity contribution in [2.45, 2.75) is 38.4 Å². The first kappa shape index (κ1) is 8.84. The first-order chi connectivity index (χ1) is 4.66. The summed E-state index contributed by atoms with van der Waals surface area (Å²) >= 11 is 0. The van der Waals surface area contributed by atoms with Crippen molar-refractivity contribution in [2.24, 2.45) is 11.1 Å². The summed E-state index contributed by atoms with van der Waals surface area (Å²) in [6, 6.07) is 0. The van der Waals surface area contributed by atoms with E-state index in [1.807, 2.05) is 0 Å². The van der Waals surface area contributed by atoms with Crippen LogP contribution < -0.4 is 5.73 Å². The van der Waals surface area contributed by atoms with Crippen molar-refractivity contribution < 1.29 is 13.2 Å². The number of hydrogen-bond donors (Lipinski definition) is 1. The van der Waals surface area contributed by atoms with Crippen LogP contribution in [-0.4, -0.2) is 11.7 Å². The van der Waals surface area contributed by atoms with Crippen molar-refractivity contribution in [3.05, 3.63) is 0 Å². The molecule has 66 valence electrons. The van der Waals surface area contributed by atoms with Gasteiger partial charge in [-0.05, 0) is 11.8 Å². The molecular formula is C7H12F3N. The fourth-order valence-electron chi connectivity index (χ4n) is 1.40. The van der Waals surface area contributed by atoms with E-state index in [0.29, 0.717) is 6.42 Å². The van der Waals surface area contributed by atoms with Gasteiger partial charge < -0.3 is 5.73 Å². The molecule has 1 unspecified atom stereocenters. The topological polar surface area (TPSA) is 26.0 Å². The van der Waals surface area contributed by atoms with Gasteiger partial charge in [-0.3, -0.25) is 0 Å². The molecule has 0 aromatic rings. The van der Waals surface area contributed by atoms with Crippen molar-refractivity contribution in [1.82, 2.24) is 0 Å². The molecule has 1 aliphatic carbocycles. The van der Waals surface area contributed by atoms with Gasteiger partial charge in [-0.2, -0.15) is 13.2 Å². The second-order valence-electron chi connectivity index (χ2n) is 4.01. The van der Waals surface area contributed by atoms with Gasteiger partial charge in [-0.15, -0.1) is 0 Å². The molecular weight excluding hydrogens is 155 g/mol. The largest absolute Gasteiger partial charge is 0.390 e. The molecule has 0 amide bonds. The highest BCUT2D eigenvalue weighted by Gasteiger charge is 2.62. The smallest absolute Gasteiger partial charge is 0.324 e. The third-order valence-electron chi connectivity index (χ3n) is 2.50. The fourth-order valence-corrected chi connectivity index (χ4v) is 1.40. The molecule has 4 heteroatoms. The third-order valence-corrected chi connectivity index (χ3v) is 2.50. The lowest BCUT2D eigenvalue weighted by Crippen LogP contribution is -2.34. The summed E-state index contributed by atoms with van der Waals surface area (Å²) in [4.78, 5) is 0. The number of rotatable bonds is 1. The molecule has 0 aromatic heterocycles. The molecule has 1 aliphatic rings. The molecule has 1 saturated carbocycles. The summed E-state index contributed by atoms with van der Waals surface area (Å²) in [5.74, 6) is 0. The minimum Gasteiger partial charge on any atom is -0.324 e. The van der Waals surface area contributed by atoms with Crippen molar-refractivity contribution >= 4 is 0 Å². The Labute approximate surface area is 63.8 Å². The monoisotopic (exact) mass is 167 g/mol. The van der Waals surface area contributed by atoms with Crippen LogP contribution in [0.1, 0.15) is 26.7 Å². The lowest BCUT2D eigenvalue weighted by atomic mass is 10.0. The first-order valence-corrected chi connectivity index (χ1v) is 3.52. The molecule has 1 nitrogen and oxygen atoms in total. The standard InChI is InChI=1S/C7H12F3N/c1-5(2)3-6(5,11)4-7(8,9)10/h3-4,11H2,1-2H3. The zero-order valence-corrected chi connectivity index (χ0v) is 6.63. The van der Waals surface area contributed by atoms with Crippen LogP contribution in [0.3, 0.4) is 0 Å². The van der Waals surface area contributed by atoms with Crippen LogP contribution in [0, 0.1) is 5.41 Å². The predicted molar refractivity (Wildman–Crippen MR) is 36.0 cm³/mol. The second kappa shape index (κ2) is 1.91. The average Bonchev–Trinajstić information content (AvgIpc) is 1.96. The third kappa shape index (κ3) is 1.67. The highest BCUT2D eigenvalue weighted by Crippen LogP contribution is 2.57. The van der Waals surface area contributed by atoms with E-state index in [4.69, 9.17) is 5.73 Å². The average molecular weight is 167 g/mol. The van der Waals surface area contributed by atoms with E-state index in [-0.39, 0.29) is 5.41 Å². The van der Waals surface area contributed by atoms with E-state index in [1.54, 1.807) is 13.8 Å². The Balaban J connectivity index is 2.54. The van der Waals surface area contributed by atoms with Crippen molar-refractivity contribution in [1.29, 1.82) is 0 Å². The van der Waals surface area contributed by atoms with Crippen molar-refractivity contribution in [2.75, 3.05) is 0 Å². The van der Waals surface area contributed by atoms with Gasteiger partial charge >= 0.3 is 6.18 Å². The maximum Gasteiger partial charge on any atom is 0.390 e. The number of hydrogen-bond acceptors (Lipinski definition) is 1. The Morgan fingerprint density at radius 2 is 1.73 bits per heavy atom. The lowest BCUT2D eigenvalue weighted by molar-refractivity contribution is -0.142. The number of halogens is 3. The van der Waals surface area contributed by atoms with Crippen molar-refractivity contribution in [3.63, 3.8) is 0 Å². The molecule has 0 saturated heterocycles. The van der Waals surface area contributed by atoms with E-state index >= 15 is 0 Å². The van der Waals surface area contributed by atoms with E-state index in [0.717, 1.165) is 0 Å². The van der Waals surface area contributed by atoms with Gasteiger partial charge in [0.1, 0.15) is 0 Å². The van der Waals surface area contributed by atoms with Crippen molar-refractivity contribution in [3.8, 4) is 0 Å². The van der Waals surface area contributed by atoms with E-state index < -0.39 is 18.1 Å². The highest BCUT2D eigenvalue weighted by atomic mass is 19.4. The fraction of sp³-hybridized carbons (Fsp3) is 1.00. The molecule has 11 heavy (non-hydrogen) atoms. The van der Waals surface area contributed by atoms with Crippen LogP contribution in [-0.2, 0) is 0 Å². The van der Waals surface area contributed by atoms with Gasteiger partial charge in [0.2, 0.25) is 0 Å². The molecule has 2 N–H and O–H groups in total. The van der Waals surface area contributed by atoms with Crippen LogP contribution >= 0.6 is 0 Å². The number of alkyl halides is 3. The molecule has 1 atom stereocenters. The minimum atomic E-state index is -4.12. The molecule has 1 fully saturated rings. The maximum absolute atomic E-state index is 11.9. The van der Waals surface area contributed by atoms with Crippen LogP contribution in [0.4, 0.5) is 13.2 Å². The normalized spacial score (nSPS) is 35.5. The Kier molecular flexibility index (Phi) is 1.54. The van der Waals surface area contributed by atoms with Gasteiger partial charge in [-0.25, -0.2) is 0 Å². The number of nitrogens with two attached hydrogens (primary N) is 1. The Bertz CT molecular complexity index is 173. The molecule has 0 aliphatic heterocycles. The van der Waals surface area contributed by atoms with Crippen LogP contribution in [0.2, 0.25) is 0 Å². The zero-order chi connectivity index (χ0) is 8.91. The summed E-state index contributed by atoms with van der Waals surface area (Å²) in [5, 5.41) is 0. The highest BCUT2D eigenvalue weighted by molar-refractivity contribution is 5.15. The van der Waals surface area contributed by atoms with Gasteiger partial charge in [0, 0.05) is 5.54 Å². The van der Waals surface area contributed by atoms with Crippen LogP contribution in [0.5, 0.6) is 0 Å². The first-order valence-electron chi connectivity index (χ1n) is 3.52. The Morgan fingerprint density at radius 3 is 1.82 bits per heavy atom. The summed E-state index contributed by atoms with van der Waals surface area (Å²) in [6.07, 6.45) is -4.50. The minimum absolute atomic E-state index is 0.331. The van der Waals surface area contributed by atoms with E-state index in [1.165, 1.54) is 0 Å². The SMILES string of the molecule is CC1(C)CC1(N)CC(F)(F)F. The predicted octanol–water partition coefficient (Wildman–Crippen LogP) is 2.07. The Hall–Kier alpha value is -0.250. The zero-order valence-electron chi connectivity index (χ0n) is 6.63. The Morgan fingerprint density at radius 1 is 1.36 bits per heavy atom. The van der Waals surface area contributed by atoms with Gasteiger partial charge in [-0.1, -0.05) is 13.8 Å². The summed E-state index contributed by atoms with van der Waals surface area (Å²) in [6.45, 7) is 3.53. The molecule has 0 spiro atoms. The summed E-state index contributed by atoms with van der Waals surface area (Å²) in [5.41, 5.74) is 4.16. The molecule has 0 radical (unpaired) electrons. The van der Waals surface area contributed by atoms with E-state index in [2.05, 4.69) is 0 Å². The van der Waals surface area contributed by atoms with Gasteiger partial charge in [0.25, 0.3) is 0 Å². The summed E-state index contributed by atoms with van der Waals surface area (Å²) in [7, 11) is 0.